The highest BCUT2D eigenvalue weighted by molar-refractivity contribution is 7.89. The van der Waals surface area contributed by atoms with Gasteiger partial charge in [0.05, 0.1) is 16.8 Å². The molecule has 0 radical (unpaired) electrons. The van der Waals surface area contributed by atoms with Crippen molar-refractivity contribution >= 4 is 21.4 Å². The van der Waals surface area contributed by atoms with Crippen LogP contribution in [0.2, 0.25) is 0 Å². The molecule has 0 saturated heterocycles. The third-order valence-electron chi connectivity index (χ3n) is 2.49. The van der Waals surface area contributed by atoms with Crippen LogP contribution in [0.3, 0.4) is 0 Å². The Morgan fingerprint density at radius 1 is 1.21 bits per heavy atom. The van der Waals surface area contributed by atoms with E-state index in [9.17, 15) is 8.42 Å². The molecule has 0 spiro atoms. The van der Waals surface area contributed by atoms with Gasteiger partial charge in [-0.15, -0.1) is 0 Å². The first-order valence-electron chi connectivity index (χ1n) is 5.86. The van der Waals surface area contributed by atoms with Gasteiger partial charge in [-0.2, -0.15) is 5.10 Å². The Morgan fingerprint density at radius 2 is 1.89 bits per heavy atom. The lowest BCUT2D eigenvalue weighted by atomic mass is 10.3. The fraction of sp³-hybridized carbons (Fsp3) is 0.250. The highest BCUT2D eigenvalue weighted by Crippen LogP contribution is 2.18. The van der Waals surface area contributed by atoms with Crippen LogP contribution < -0.4 is 10.0 Å². The molecule has 0 aliphatic carbocycles. The Kier molecular flexibility index (Phi) is 3.87. The van der Waals surface area contributed by atoms with Crippen LogP contribution >= 0.6 is 0 Å². The number of benzene rings is 1. The first-order chi connectivity index (χ1) is 9.01. The Bertz CT molecular complexity index is 647. The summed E-state index contributed by atoms with van der Waals surface area (Å²) in [6, 6.07) is 6.57. The maximum absolute atomic E-state index is 11.8. The molecule has 2 aromatic rings. The van der Waals surface area contributed by atoms with E-state index < -0.39 is 10.0 Å². The Morgan fingerprint density at radius 3 is 2.42 bits per heavy atom. The lowest BCUT2D eigenvalue weighted by Crippen LogP contribution is -2.22. The second kappa shape index (κ2) is 5.41. The second-order valence-electron chi connectivity index (χ2n) is 4.05. The molecule has 0 unspecified atom stereocenters. The molecule has 1 aromatic heterocycles. The van der Waals surface area contributed by atoms with E-state index in [1.54, 1.807) is 42.1 Å². The molecule has 0 bridgehead atoms. The smallest absolute Gasteiger partial charge is 0.240 e. The summed E-state index contributed by atoms with van der Waals surface area (Å²) in [5.41, 5.74) is 1.66. The average molecular weight is 280 g/mol. The van der Waals surface area contributed by atoms with Gasteiger partial charge >= 0.3 is 0 Å². The lowest BCUT2D eigenvalue weighted by molar-refractivity contribution is 0.584. The minimum Gasteiger partial charge on any atom is -0.353 e. The molecule has 102 valence electrons. The highest BCUT2D eigenvalue weighted by Gasteiger charge is 2.11. The molecule has 1 aromatic carbocycles. The zero-order valence-corrected chi connectivity index (χ0v) is 11.6. The van der Waals surface area contributed by atoms with Crippen molar-refractivity contribution in [1.29, 1.82) is 0 Å². The minimum atomic E-state index is -3.39. The molecule has 6 nitrogen and oxygen atoms in total. The predicted molar refractivity (Wildman–Crippen MR) is 73.8 cm³/mol. The standard InChI is InChI=1S/C12H16N4O2S/c1-3-14-19(17,18)12-6-4-10(5-7-12)15-11-8-13-16(2)9-11/h4-9,14-15H,3H2,1-2H3. The summed E-state index contributed by atoms with van der Waals surface area (Å²) < 4.78 is 27.7. The van der Waals surface area contributed by atoms with Crippen molar-refractivity contribution in [3.63, 3.8) is 0 Å². The Balaban J connectivity index is 2.15. The van der Waals surface area contributed by atoms with Crippen molar-refractivity contribution in [2.45, 2.75) is 11.8 Å². The van der Waals surface area contributed by atoms with Crippen molar-refractivity contribution in [3.8, 4) is 0 Å². The number of hydrogen-bond acceptors (Lipinski definition) is 4. The molecule has 2 rings (SSSR count). The summed E-state index contributed by atoms with van der Waals surface area (Å²) in [4.78, 5) is 0.256. The molecule has 2 N–H and O–H groups in total. The van der Waals surface area contributed by atoms with Gasteiger partial charge in [-0.05, 0) is 24.3 Å². The summed E-state index contributed by atoms with van der Waals surface area (Å²) in [6.45, 7) is 2.12. The van der Waals surface area contributed by atoms with Crippen molar-refractivity contribution < 1.29 is 8.42 Å². The van der Waals surface area contributed by atoms with Crippen molar-refractivity contribution in [2.75, 3.05) is 11.9 Å². The molecule has 0 saturated carbocycles. The molecule has 0 aliphatic rings. The molecule has 0 aliphatic heterocycles. The largest absolute Gasteiger partial charge is 0.353 e. The summed E-state index contributed by atoms with van der Waals surface area (Å²) in [6.07, 6.45) is 3.53. The van der Waals surface area contributed by atoms with E-state index in [1.807, 2.05) is 13.2 Å². The number of nitrogens with zero attached hydrogens (tertiary/aromatic N) is 2. The van der Waals surface area contributed by atoms with Crippen molar-refractivity contribution in [2.24, 2.45) is 7.05 Å². The SMILES string of the molecule is CCNS(=O)(=O)c1ccc(Nc2cnn(C)c2)cc1. The van der Waals surface area contributed by atoms with Gasteiger partial charge in [0.25, 0.3) is 0 Å². The predicted octanol–water partition coefficient (Wildman–Crippen LogP) is 1.46. The minimum absolute atomic E-state index is 0.256. The van der Waals surface area contributed by atoms with Gasteiger partial charge in [0.1, 0.15) is 0 Å². The maximum atomic E-state index is 11.8. The van der Waals surface area contributed by atoms with Crippen LogP contribution in [0.5, 0.6) is 0 Å². The maximum Gasteiger partial charge on any atom is 0.240 e. The zero-order chi connectivity index (χ0) is 13.9. The summed E-state index contributed by atoms with van der Waals surface area (Å²) in [7, 11) is -1.56. The molecule has 19 heavy (non-hydrogen) atoms. The van der Waals surface area contributed by atoms with E-state index in [1.165, 1.54) is 0 Å². The quantitative estimate of drug-likeness (QED) is 0.869. The summed E-state index contributed by atoms with van der Waals surface area (Å²) in [5.74, 6) is 0. The molecule has 0 atom stereocenters. The molecule has 7 heteroatoms. The van der Waals surface area contributed by atoms with Gasteiger partial charge < -0.3 is 5.32 Å². The monoisotopic (exact) mass is 280 g/mol. The van der Waals surface area contributed by atoms with Gasteiger partial charge in [-0.25, -0.2) is 13.1 Å². The van der Waals surface area contributed by atoms with Crippen LogP contribution in [0.1, 0.15) is 6.92 Å². The Labute approximate surface area is 112 Å². The van der Waals surface area contributed by atoms with Gasteiger partial charge in [0, 0.05) is 25.5 Å². The van der Waals surface area contributed by atoms with E-state index in [0.717, 1.165) is 11.4 Å². The fourth-order valence-electron chi connectivity index (χ4n) is 1.64. The summed E-state index contributed by atoms with van der Waals surface area (Å²) in [5, 5.41) is 7.18. The first kappa shape index (κ1) is 13.6. The molecule has 1 heterocycles. The second-order valence-corrected chi connectivity index (χ2v) is 5.82. The van der Waals surface area contributed by atoms with Crippen molar-refractivity contribution in [1.82, 2.24) is 14.5 Å². The molecular formula is C12H16N4O2S. The lowest BCUT2D eigenvalue weighted by Gasteiger charge is -2.06. The van der Waals surface area contributed by atoms with Crippen LogP contribution in [0.25, 0.3) is 0 Å². The van der Waals surface area contributed by atoms with Crippen LogP contribution in [0.4, 0.5) is 11.4 Å². The van der Waals surface area contributed by atoms with E-state index in [2.05, 4.69) is 15.1 Å². The van der Waals surface area contributed by atoms with Crippen molar-refractivity contribution in [3.05, 3.63) is 36.7 Å². The zero-order valence-electron chi connectivity index (χ0n) is 10.8. The first-order valence-corrected chi connectivity index (χ1v) is 7.35. The van der Waals surface area contributed by atoms with Gasteiger partial charge in [0.15, 0.2) is 0 Å². The number of aromatic nitrogens is 2. The number of hydrogen-bond donors (Lipinski definition) is 2. The number of rotatable bonds is 5. The topological polar surface area (TPSA) is 76.0 Å². The molecule has 0 fully saturated rings. The normalized spacial score (nSPS) is 11.5. The third kappa shape index (κ3) is 3.33. The third-order valence-corrected chi connectivity index (χ3v) is 4.05. The van der Waals surface area contributed by atoms with Crippen LogP contribution in [-0.2, 0) is 17.1 Å². The van der Waals surface area contributed by atoms with E-state index in [-0.39, 0.29) is 4.90 Å². The van der Waals surface area contributed by atoms with E-state index in [0.29, 0.717) is 6.54 Å². The number of sulfonamides is 1. The number of aryl methyl sites for hydroxylation is 1. The van der Waals surface area contributed by atoms with E-state index in [4.69, 9.17) is 0 Å². The van der Waals surface area contributed by atoms with Crippen LogP contribution in [0.15, 0.2) is 41.6 Å². The number of nitrogens with one attached hydrogen (secondary N) is 2. The Hall–Kier alpha value is -1.86. The van der Waals surface area contributed by atoms with Gasteiger partial charge in [-0.3, -0.25) is 4.68 Å². The molecular weight excluding hydrogens is 264 g/mol. The van der Waals surface area contributed by atoms with Crippen LogP contribution in [0, 0.1) is 0 Å². The molecule has 0 amide bonds. The highest BCUT2D eigenvalue weighted by atomic mass is 32.2. The average Bonchev–Trinajstić information content (AvgIpc) is 2.75. The number of anilines is 2. The van der Waals surface area contributed by atoms with E-state index >= 15 is 0 Å². The fourth-order valence-corrected chi connectivity index (χ4v) is 2.68. The summed E-state index contributed by atoms with van der Waals surface area (Å²) >= 11 is 0. The van der Waals surface area contributed by atoms with Crippen LogP contribution in [-0.4, -0.2) is 24.7 Å². The van der Waals surface area contributed by atoms with Gasteiger partial charge in [-0.1, -0.05) is 6.92 Å². The van der Waals surface area contributed by atoms with Gasteiger partial charge in [0.2, 0.25) is 10.0 Å².